The topological polar surface area (TPSA) is 88.2 Å². The molecule has 0 radical (unpaired) electrons. The molecule has 9 heteroatoms. The van der Waals surface area contributed by atoms with Crippen molar-refractivity contribution in [3.8, 4) is 11.5 Å². The average Bonchev–Trinajstić information content (AvgIpc) is 2.92. The highest BCUT2D eigenvalue weighted by Gasteiger charge is 2.33. The van der Waals surface area contributed by atoms with Crippen LogP contribution in [0, 0.1) is 5.92 Å². The predicted octanol–water partition coefficient (Wildman–Crippen LogP) is 3.97. The van der Waals surface area contributed by atoms with Crippen LogP contribution in [0.2, 0.25) is 0 Å². The molecule has 0 unspecified atom stereocenters. The van der Waals surface area contributed by atoms with Crippen molar-refractivity contribution in [2.75, 3.05) is 32.3 Å². The molecule has 1 N–H and O–H groups in total. The lowest BCUT2D eigenvalue weighted by Gasteiger charge is -2.33. The number of benzene rings is 3. The maximum Gasteiger partial charge on any atom is 0.243 e. The number of hydrogen-bond donors (Lipinski definition) is 1. The molecule has 1 aliphatic rings. The molecule has 4 rings (SSSR count). The summed E-state index contributed by atoms with van der Waals surface area (Å²) in [5, 5.41) is 1.76. The number of piperidine rings is 1. The molecule has 0 bridgehead atoms. The number of para-hydroxylation sites is 2. The molecule has 3 aromatic rings. The normalized spacial score (nSPS) is 14.8. The minimum atomic E-state index is -3.72. The summed E-state index contributed by atoms with van der Waals surface area (Å²) >= 11 is 0. The van der Waals surface area contributed by atoms with Crippen molar-refractivity contribution in [3.63, 3.8) is 0 Å². The summed E-state index contributed by atoms with van der Waals surface area (Å²) in [7, 11) is -0.759. The fourth-order valence-corrected chi connectivity index (χ4v) is 5.60. The maximum absolute atomic E-state index is 13.2. The smallest absolute Gasteiger partial charge is 0.243 e. The molecule has 0 aromatic heterocycles. The average molecular weight is 496 g/mol. The maximum atomic E-state index is 13.2. The molecule has 1 heterocycles. The van der Waals surface area contributed by atoms with Crippen molar-refractivity contribution in [1.82, 2.24) is 9.73 Å². The van der Waals surface area contributed by atoms with Gasteiger partial charge in [-0.2, -0.15) is 4.31 Å². The lowest BCUT2D eigenvalue weighted by molar-refractivity contribution is -0.126. The Morgan fingerprint density at radius 2 is 1.40 bits per heavy atom. The first-order chi connectivity index (χ1) is 16.9. The van der Waals surface area contributed by atoms with Gasteiger partial charge in [0.1, 0.15) is 0 Å². The van der Waals surface area contributed by atoms with Gasteiger partial charge in [0.15, 0.2) is 11.5 Å². The van der Waals surface area contributed by atoms with Gasteiger partial charge in [0.2, 0.25) is 15.9 Å². The monoisotopic (exact) mass is 495 g/mol. The minimum Gasteiger partial charge on any atom is -0.493 e. The highest BCUT2D eigenvalue weighted by molar-refractivity contribution is 7.89. The first kappa shape index (κ1) is 24.6. The van der Waals surface area contributed by atoms with Crippen LogP contribution in [0.1, 0.15) is 12.8 Å². The molecule has 0 atom stereocenters. The van der Waals surface area contributed by atoms with Crippen LogP contribution in [0.25, 0.3) is 0 Å². The molecular formula is C26H29N3O5S. The third kappa shape index (κ3) is 5.41. The third-order valence-corrected chi connectivity index (χ3v) is 7.96. The number of rotatable bonds is 8. The van der Waals surface area contributed by atoms with Crippen LogP contribution in [0.3, 0.4) is 0 Å². The largest absolute Gasteiger partial charge is 0.493 e. The standard InChI is InChI=1S/C26H29N3O5S/c1-33-24-14-13-23(19-25(24)34-2)35(31,32)28-17-15-20(16-18-28)26(30)27-29(21-9-5-3-6-10-21)22-11-7-4-8-12-22/h3-14,19-20H,15-18H2,1-2H3,(H,27,30). The summed E-state index contributed by atoms with van der Waals surface area (Å²) in [6, 6.07) is 23.7. The number of hydrogen-bond acceptors (Lipinski definition) is 6. The van der Waals surface area contributed by atoms with E-state index in [1.165, 1.54) is 30.7 Å². The Balaban J connectivity index is 1.44. The van der Waals surface area contributed by atoms with Gasteiger partial charge in [0.05, 0.1) is 30.5 Å². The second-order valence-electron chi connectivity index (χ2n) is 8.18. The molecule has 3 aromatic carbocycles. The van der Waals surface area contributed by atoms with Gasteiger partial charge in [0, 0.05) is 25.1 Å². The van der Waals surface area contributed by atoms with E-state index in [0.29, 0.717) is 24.3 Å². The van der Waals surface area contributed by atoms with Gasteiger partial charge in [-0.15, -0.1) is 0 Å². The number of ether oxygens (including phenoxy) is 2. The molecule has 8 nitrogen and oxygen atoms in total. The molecule has 0 aliphatic carbocycles. The highest BCUT2D eigenvalue weighted by atomic mass is 32.2. The number of nitrogens with one attached hydrogen (secondary N) is 1. The number of anilines is 2. The molecule has 35 heavy (non-hydrogen) atoms. The van der Waals surface area contributed by atoms with Gasteiger partial charge < -0.3 is 9.47 Å². The quantitative estimate of drug-likeness (QED) is 0.476. The van der Waals surface area contributed by atoms with Crippen LogP contribution in [-0.2, 0) is 14.8 Å². The first-order valence-electron chi connectivity index (χ1n) is 11.4. The molecule has 1 fully saturated rings. The predicted molar refractivity (Wildman–Crippen MR) is 134 cm³/mol. The minimum absolute atomic E-state index is 0.136. The number of amides is 1. The summed E-state index contributed by atoms with van der Waals surface area (Å²) in [4.78, 5) is 13.3. The number of methoxy groups -OCH3 is 2. The summed E-state index contributed by atoms with van der Waals surface area (Å²) in [5.74, 6) is 0.371. The molecular weight excluding hydrogens is 466 g/mol. The second-order valence-corrected chi connectivity index (χ2v) is 10.1. The van der Waals surface area contributed by atoms with Crippen molar-refractivity contribution in [1.29, 1.82) is 0 Å². The van der Waals surface area contributed by atoms with Crippen molar-refractivity contribution in [2.45, 2.75) is 17.7 Å². The number of carbonyl (C=O) groups excluding carboxylic acids is 1. The number of hydrazine groups is 1. The summed E-state index contributed by atoms with van der Waals surface area (Å²) < 4.78 is 38.3. The SMILES string of the molecule is COc1ccc(S(=O)(=O)N2CCC(C(=O)NN(c3ccccc3)c3ccccc3)CC2)cc1OC. The van der Waals surface area contributed by atoms with Gasteiger partial charge in [0.25, 0.3) is 0 Å². The Morgan fingerprint density at radius 3 is 1.91 bits per heavy atom. The van der Waals surface area contributed by atoms with Gasteiger partial charge in [-0.3, -0.25) is 15.2 Å². The fraction of sp³-hybridized carbons (Fsp3) is 0.269. The lowest BCUT2D eigenvalue weighted by atomic mass is 9.97. The van der Waals surface area contributed by atoms with Crippen LogP contribution >= 0.6 is 0 Å². The molecule has 1 amide bonds. The Bertz CT molecular complexity index is 1200. The van der Waals surface area contributed by atoms with E-state index in [1.807, 2.05) is 60.7 Å². The Morgan fingerprint density at radius 1 is 0.857 bits per heavy atom. The van der Waals surface area contributed by atoms with Crippen LogP contribution in [0.4, 0.5) is 11.4 Å². The fourth-order valence-electron chi connectivity index (χ4n) is 4.12. The van der Waals surface area contributed by atoms with E-state index >= 15 is 0 Å². The van der Waals surface area contributed by atoms with Gasteiger partial charge in [-0.1, -0.05) is 36.4 Å². The van der Waals surface area contributed by atoms with E-state index in [2.05, 4.69) is 5.43 Å². The zero-order valence-corrected chi connectivity index (χ0v) is 20.6. The van der Waals surface area contributed by atoms with E-state index in [1.54, 1.807) is 11.1 Å². The van der Waals surface area contributed by atoms with E-state index in [4.69, 9.17) is 9.47 Å². The third-order valence-electron chi connectivity index (χ3n) is 6.07. The van der Waals surface area contributed by atoms with Gasteiger partial charge in [-0.05, 0) is 49.2 Å². The van der Waals surface area contributed by atoms with Crippen LogP contribution in [0.15, 0.2) is 83.8 Å². The summed E-state index contributed by atoms with van der Waals surface area (Å²) in [6.07, 6.45) is 0.853. The van der Waals surface area contributed by atoms with E-state index in [-0.39, 0.29) is 29.8 Å². The van der Waals surface area contributed by atoms with Crippen molar-refractivity contribution < 1.29 is 22.7 Å². The zero-order valence-electron chi connectivity index (χ0n) is 19.8. The van der Waals surface area contributed by atoms with Crippen molar-refractivity contribution in [3.05, 3.63) is 78.9 Å². The molecule has 184 valence electrons. The van der Waals surface area contributed by atoms with E-state index in [0.717, 1.165) is 11.4 Å². The Labute approximate surface area is 206 Å². The zero-order chi connectivity index (χ0) is 24.8. The van der Waals surface area contributed by atoms with Crippen LogP contribution in [-0.4, -0.2) is 45.9 Å². The van der Waals surface area contributed by atoms with Crippen LogP contribution in [0.5, 0.6) is 11.5 Å². The molecule has 1 aliphatic heterocycles. The molecule has 1 saturated heterocycles. The van der Waals surface area contributed by atoms with Gasteiger partial charge >= 0.3 is 0 Å². The number of sulfonamides is 1. The number of nitrogens with zero attached hydrogens (tertiary/aromatic N) is 2. The molecule has 0 spiro atoms. The molecule has 0 saturated carbocycles. The second kappa shape index (κ2) is 10.8. The summed E-state index contributed by atoms with van der Waals surface area (Å²) in [5.41, 5.74) is 4.70. The highest BCUT2D eigenvalue weighted by Crippen LogP contribution is 2.32. The van der Waals surface area contributed by atoms with Crippen LogP contribution < -0.4 is 19.9 Å². The Hall–Kier alpha value is -3.56. The van der Waals surface area contributed by atoms with Gasteiger partial charge in [-0.25, -0.2) is 8.42 Å². The van der Waals surface area contributed by atoms with Crippen molar-refractivity contribution in [2.24, 2.45) is 5.92 Å². The Kier molecular flexibility index (Phi) is 7.57. The van der Waals surface area contributed by atoms with E-state index in [9.17, 15) is 13.2 Å². The van der Waals surface area contributed by atoms with Crippen molar-refractivity contribution >= 4 is 27.3 Å². The summed E-state index contributed by atoms with van der Waals surface area (Å²) in [6.45, 7) is 0.511. The lowest BCUT2D eigenvalue weighted by Crippen LogP contribution is -2.47. The first-order valence-corrected chi connectivity index (χ1v) is 12.8. The van der Waals surface area contributed by atoms with E-state index < -0.39 is 10.0 Å². The number of carbonyl (C=O) groups is 1.